The van der Waals surface area contributed by atoms with Crippen molar-refractivity contribution in [3.05, 3.63) is 18.1 Å². The van der Waals surface area contributed by atoms with Gasteiger partial charge in [-0.25, -0.2) is 9.97 Å². The maximum atomic E-state index is 11.3. The van der Waals surface area contributed by atoms with Crippen molar-refractivity contribution in [1.82, 2.24) is 15.3 Å². The molecule has 1 rings (SSSR count). The molecule has 1 aromatic heterocycles. The Bertz CT molecular complexity index is 354. The summed E-state index contributed by atoms with van der Waals surface area (Å²) >= 11 is 0. The van der Waals surface area contributed by atoms with Gasteiger partial charge in [-0.05, 0) is 12.8 Å². The van der Waals surface area contributed by atoms with Crippen molar-refractivity contribution in [2.45, 2.75) is 33.1 Å². The highest BCUT2D eigenvalue weighted by molar-refractivity contribution is 5.76. The maximum absolute atomic E-state index is 11.3. The van der Waals surface area contributed by atoms with Crippen LogP contribution in [0.25, 0.3) is 0 Å². The number of nitrogens with zero attached hydrogens (tertiary/aromatic N) is 2. The molecule has 94 valence electrons. The lowest BCUT2D eigenvalue weighted by molar-refractivity contribution is -0.120. The Labute approximate surface area is 102 Å². The number of hydrogen-bond donors (Lipinski definition) is 2. The highest BCUT2D eigenvalue weighted by atomic mass is 16.1. The first-order valence-corrected chi connectivity index (χ1v) is 6.07. The first-order chi connectivity index (χ1) is 8.26. The number of rotatable bonds is 7. The number of aryl methyl sites for hydroxylation is 1. The molecular weight excluding hydrogens is 216 g/mol. The van der Waals surface area contributed by atoms with E-state index in [2.05, 4.69) is 20.6 Å². The van der Waals surface area contributed by atoms with Crippen molar-refractivity contribution >= 4 is 11.7 Å². The molecule has 2 N–H and O–H groups in total. The first-order valence-electron chi connectivity index (χ1n) is 6.07. The Hall–Kier alpha value is -1.65. The molecule has 5 nitrogen and oxygen atoms in total. The van der Waals surface area contributed by atoms with Gasteiger partial charge in [0.05, 0.1) is 0 Å². The molecule has 0 unspecified atom stereocenters. The molecular formula is C12H20N4O. The lowest BCUT2D eigenvalue weighted by Gasteiger charge is -2.06. The van der Waals surface area contributed by atoms with Gasteiger partial charge in [0.1, 0.15) is 12.1 Å². The van der Waals surface area contributed by atoms with Crippen molar-refractivity contribution in [1.29, 1.82) is 0 Å². The van der Waals surface area contributed by atoms with Crippen molar-refractivity contribution in [3.8, 4) is 0 Å². The van der Waals surface area contributed by atoms with Crippen LogP contribution in [0.2, 0.25) is 0 Å². The predicted octanol–water partition coefficient (Wildman–Crippen LogP) is 1.37. The summed E-state index contributed by atoms with van der Waals surface area (Å²) in [7, 11) is 0. The van der Waals surface area contributed by atoms with E-state index in [9.17, 15) is 4.79 Å². The Kier molecular flexibility index (Phi) is 5.99. The molecule has 0 atom stereocenters. The summed E-state index contributed by atoms with van der Waals surface area (Å²) in [6.07, 6.45) is 3.85. The van der Waals surface area contributed by atoms with Gasteiger partial charge >= 0.3 is 0 Å². The van der Waals surface area contributed by atoms with Crippen LogP contribution in [0.4, 0.5) is 5.82 Å². The molecule has 0 bridgehead atoms. The zero-order valence-corrected chi connectivity index (χ0v) is 10.5. The fraction of sp³-hybridized carbons (Fsp3) is 0.583. The highest BCUT2D eigenvalue weighted by Gasteiger charge is 2.00. The Morgan fingerprint density at radius 1 is 1.29 bits per heavy atom. The number of carbonyl (C=O) groups is 1. The van der Waals surface area contributed by atoms with E-state index in [0.29, 0.717) is 13.0 Å². The number of anilines is 1. The summed E-state index contributed by atoms with van der Waals surface area (Å²) in [4.78, 5) is 19.5. The second kappa shape index (κ2) is 7.60. The molecule has 0 fully saturated rings. The minimum atomic E-state index is 0.0733. The fourth-order valence-corrected chi connectivity index (χ4v) is 1.34. The van der Waals surface area contributed by atoms with Crippen molar-refractivity contribution in [3.63, 3.8) is 0 Å². The molecule has 0 aliphatic carbocycles. The molecule has 0 saturated heterocycles. The van der Waals surface area contributed by atoms with Gasteiger partial charge in [0, 0.05) is 31.3 Å². The normalized spacial score (nSPS) is 10.0. The molecule has 1 aromatic rings. The van der Waals surface area contributed by atoms with Crippen LogP contribution in [0.3, 0.4) is 0 Å². The molecule has 0 saturated carbocycles. The van der Waals surface area contributed by atoms with E-state index >= 15 is 0 Å². The van der Waals surface area contributed by atoms with Crippen molar-refractivity contribution in [2.24, 2.45) is 0 Å². The second-order valence-corrected chi connectivity index (χ2v) is 3.77. The zero-order chi connectivity index (χ0) is 12.5. The van der Waals surface area contributed by atoms with Gasteiger partial charge in [0.15, 0.2) is 0 Å². The topological polar surface area (TPSA) is 66.9 Å². The average Bonchev–Trinajstić information content (AvgIpc) is 2.36. The van der Waals surface area contributed by atoms with Crippen LogP contribution >= 0.6 is 0 Å². The van der Waals surface area contributed by atoms with Gasteiger partial charge in [-0.2, -0.15) is 0 Å². The fourth-order valence-electron chi connectivity index (χ4n) is 1.34. The lowest BCUT2D eigenvalue weighted by Crippen LogP contribution is -2.26. The first kappa shape index (κ1) is 13.4. The van der Waals surface area contributed by atoms with Gasteiger partial charge < -0.3 is 10.6 Å². The third kappa shape index (κ3) is 5.29. The van der Waals surface area contributed by atoms with Crippen LogP contribution in [-0.2, 0) is 11.2 Å². The number of nitrogens with one attached hydrogen (secondary N) is 2. The van der Waals surface area contributed by atoms with Crippen molar-refractivity contribution in [2.75, 3.05) is 18.4 Å². The van der Waals surface area contributed by atoms with Crippen LogP contribution in [0.1, 0.15) is 32.4 Å². The van der Waals surface area contributed by atoms with Gasteiger partial charge in [0.25, 0.3) is 0 Å². The van der Waals surface area contributed by atoms with Gasteiger partial charge in [0.2, 0.25) is 5.91 Å². The summed E-state index contributed by atoms with van der Waals surface area (Å²) < 4.78 is 0. The zero-order valence-electron chi connectivity index (χ0n) is 10.5. The standard InChI is InChI=1S/C12H20N4O/c1-3-6-14-12(17)5-7-13-11-8-10(4-2)15-9-16-11/h8-9H,3-7H2,1-2H3,(H,14,17)(H,13,15,16). The largest absolute Gasteiger partial charge is 0.369 e. The monoisotopic (exact) mass is 236 g/mol. The summed E-state index contributed by atoms with van der Waals surface area (Å²) in [5.41, 5.74) is 0.998. The van der Waals surface area contributed by atoms with Crippen LogP contribution in [0.15, 0.2) is 12.4 Å². The number of carbonyl (C=O) groups excluding carboxylic acids is 1. The van der Waals surface area contributed by atoms with E-state index in [1.54, 1.807) is 6.33 Å². The molecule has 5 heteroatoms. The highest BCUT2D eigenvalue weighted by Crippen LogP contribution is 2.03. The van der Waals surface area contributed by atoms with Crippen LogP contribution in [0.5, 0.6) is 0 Å². The molecule has 17 heavy (non-hydrogen) atoms. The molecule has 0 radical (unpaired) electrons. The third-order valence-electron chi connectivity index (χ3n) is 2.32. The molecule has 1 amide bonds. The van der Waals surface area contributed by atoms with E-state index in [4.69, 9.17) is 0 Å². The van der Waals surface area contributed by atoms with Gasteiger partial charge in [-0.3, -0.25) is 4.79 Å². The lowest BCUT2D eigenvalue weighted by atomic mass is 10.3. The quantitative estimate of drug-likeness (QED) is 0.750. The van der Waals surface area contributed by atoms with E-state index < -0.39 is 0 Å². The number of aromatic nitrogens is 2. The van der Waals surface area contributed by atoms with Crippen LogP contribution < -0.4 is 10.6 Å². The summed E-state index contributed by atoms with van der Waals surface area (Å²) in [6, 6.07) is 1.91. The second-order valence-electron chi connectivity index (χ2n) is 3.77. The van der Waals surface area contributed by atoms with Crippen molar-refractivity contribution < 1.29 is 4.79 Å². The summed E-state index contributed by atoms with van der Waals surface area (Å²) in [5.74, 6) is 0.851. The Morgan fingerprint density at radius 2 is 2.12 bits per heavy atom. The minimum Gasteiger partial charge on any atom is -0.369 e. The Balaban J connectivity index is 2.28. The van der Waals surface area contributed by atoms with Gasteiger partial charge in [-0.1, -0.05) is 13.8 Å². The Morgan fingerprint density at radius 3 is 2.82 bits per heavy atom. The van der Waals surface area contributed by atoms with E-state index in [0.717, 1.165) is 30.9 Å². The van der Waals surface area contributed by atoms with Gasteiger partial charge in [-0.15, -0.1) is 0 Å². The smallest absolute Gasteiger partial charge is 0.221 e. The minimum absolute atomic E-state index is 0.0733. The third-order valence-corrected chi connectivity index (χ3v) is 2.32. The molecule has 0 aliphatic rings. The number of hydrogen-bond acceptors (Lipinski definition) is 4. The van der Waals surface area contributed by atoms with Crippen LogP contribution in [0, 0.1) is 0 Å². The predicted molar refractivity (Wildman–Crippen MR) is 67.8 cm³/mol. The maximum Gasteiger partial charge on any atom is 0.221 e. The average molecular weight is 236 g/mol. The molecule has 0 spiro atoms. The SMILES string of the molecule is CCCNC(=O)CCNc1cc(CC)ncn1. The van der Waals surface area contributed by atoms with Crippen LogP contribution in [-0.4, -0.2) is 29.0 Å². The van der Waals surface area contributed by atoms with E-state index in [1.165, 1.54) is 0 Å². The van der Waals surface area contributed by atoms with E-state index in [1.807, 2.05) is 19.9 Å². The molecule has 1 heterocycles. The summed E-state index contributed by atoms with van der Waals surface area (Å²) in [6.45, 7) is 5.41. The van der Waals surface area contributed by atoms with E-state index in [-0.39, 0.29) is 5.91 Å². The molecule has 0 aliphatic heterocycles. The molecule has 0 aromatic carbocycles. The number of amides is 1. The summed E-state index contributed by atoms with van der Waals surface area (Å²) in [5, 5.41) is 5.94.